The Morgan fingerprint density at radius 1 is 1.20 bits per heavy atom. The van der Waals surface area contributed by atoms with Gasteiger partial charge in [0.1, 0.15) is 5.78 Å². The highest BCUT2D eigenvalue weighted by Crippen LogP contribution is 2.20. The number of aromatic nitrogens is 1. The van der Waals surface area contributed by atoms with E-state index in [-0.39, 0.29) is 5.78 Å². The zero-order chi connectivity index (χ0) is 14.4. The van der Waals surface area contributed by atoms with Crippen LogP contribution in [0.3, 0.4) is 0 Å². The predicted molar refractivity (Wildman–Crippen MR) is 87.2 cm³/mol. The normalized spacial score (nSPS) is 10.5. The molecule has 0 saturated heterocycles. The number of aryl methyl sites for hydroxylation is 1. The van der Waals surface area contributed by atoms with Crippen molar-refractivity contribution < 1.29 is 4.79 Å². The van der Waals surface area contributed by atoms with Gasteiger partial charge in [-0.05, 0) is 42.3 Å². The average Bonchev–Trinajstić information content (AvgIpc) is 2.47. The highest BCUT2D eigenvalue weighted by molar-refractivity contribution is 9.10. The molecule has 1 aromatic carbocycles. The first-order chi connectivity index (χ1) is 9.67. The van der Waals surface area contributed by atoms with Crippen LogP contribution in [0.1, 0.15) is 18.2 Å². The van der Waals surface area contributed by atoms with Crippen molar-refractivity contribution in [3.05, 3.63) is 58.3 Å². The molecule has 0 spiro atoms. The fourth-order valence-electron chi connectivity index (χ4n) is 1.72. The Kier molecular flexibility index (Phi) is 5.80. The monoisotopic (exact) mass is 349 g/mol. The van der Waals surface area contributed by atoms with Crippen LogP contribution in [0.15, 0.2) is 52.0 Å². The summed E-state index contributed by atoms with van der Waals surface area (Å²) in [5, 5.41) is 0. The number of ketones is 1. The first kappa shape index (κ1) is 15.3. The molecule has 104 valence electrons. The molecule has 0 radical (unpaired) electrons. The van der Waals surface area contributed by atoms with Gasteiger partial charge >= 0.3 is 0 Å². The number of rotatable bonds is 6. The summed E-state index contributed by atoms with van der Waals surface area (Å²) in [4.78, 5) is 17.4. The van der Waals surface area contributed by atoms with Crippen molar-refractivity contribution in [2.75, 3.05) is 5.75 Å². The van der Waals surface area contributed by atoms with E-state index in [1.165, 1.54) is 5.56 Å². The molecule has 2 nitrogen and oxygen atoms in total. The van der Waals surface area contributed by atoms with Gasteiger partial charge in [0.15, 0.2) is 0 Å². The molecule has 0 aliphatic heterocycles. The Morgan fingerprint density at radius 2 is 1.95 bits per heavy atom. The molecule has 1 heterocycles. The predicted octanol–water partition coefficient (Wildman–Crippen LogP) is 4.31. The molecule has 0 aliphatic rings. The van der Waals surface area contributed by atoms with Gasteiger partial charge in [0.05, 0.1) is 5.75 Å². The van der Waals surface area contributed by atoms with Gasteiger partial charge < -0.3 is 0 Å². The Balaban J connectivity index is 1.84. The highest BCUT2D eigenvalue weighted by atomic mass is 79.9. The number of carbonyl (C=O) groups is 1. The molecule has 0 bridgehead atoms. The number of nitrogens with zero attached hydrogens (tertiary/aromatic N) is 1. The fraction of sp³-hybridized carbons (Fsp3) is 0.250. The molecule has 0 aliphatic carbocycles. The van der Waals surface area contributed by atoms with Crippen LogP contribution in [0.5, 0.6) is 0 Å². The minimum Gasteiger partial charge on any atom is -0.298 e. The van der Waals surface area contributed by atoms with E-state index >= 15 is 0 Å². The molecular formula is C16H16BrNOS. The maximum absolute atomic E-state index is 11.9. The Hall–Kier alpha value is -1.13. The minimum atomic E-state index is 0.203. The zero-order valence-electron chi connectivity index (χ0n) is 11.3. The van der Waals surface area contributed by atoms with Gasteiger partial charge in [-0.2, -0.15) is 0 Å². The van der Waals surface area contributed by atoms with Gasteiger partial charge in [-0.3, -0.25) is 9.78 Å². The summed E-state index contributed by atoms with van der Waals surface area (Å²) in [5.74, 6) is 0.688. The average molecular weight is 350 g/mol. The summed E-state index contributed by atoms with van der Waals surface area (Å²) in [6.45, 7) is 2.09. The van der Waals surface area contributed by atoms with Crippen LogP contribution >= 0.6 is 27.7 Å². The molecule has 20 heavy (non-hydrogen) atoms. The van der Waals surface area contributed by atoms with E-state index < -0.39 is 0 Å². The second-order valence-electron chi connectivity index (χ2n) is 4.47. The lowest BCUT2D eigenvalue weighted by Crippen LogP contribution is -2.07. The molecule has 4 heteroatoms. The van der Waals surface area contributed by atoms with Crippen LogP contribution in [0, 0.1) is 0 Å². The Morgan fingerprint density at radius 3 is 2.55 bits per heavy atom. The summed E-state index contributed by atoms with van der Waals surface area (Å²) in [6.07, 6.45) is 3.23. The summed E-state index contributed by atoms with van der Waals surface area (Å²) < 4.78 is 1.05. The number of pyridine rings is 1. The number of halogens is 1. The van der Waals surface area contributed by atoms with E-state index in [1.54, 1.807) is 11.8 Å². The number of carbonyl (C=O) groups excluding carboxylic acids is 1. The molecule has 0 amide bonds. The number of benzene rings is 1. The largest absolute Gasteiger partial charge is 0.298 e. The summed E-state index contributed by atoms with van der Waals surface area (Å²) in [7, 11) is 0. The topological polar surface area (TPSA) is 30.0 Å². The minimum absolute atomic E-state index is 0.203. The number of hydrogen-bond acceptors (Lipinski definition) is 3. The first-order valence-corrected chi connectivity index (χ1v) is 8.29. The van der Waals surface area contributed by atoms with E-state index in [9.17, 15) is 4.79 Å². The van der Waals surface area contributed by atoms with Crippen LogP contribution in [-0.4, -0.2) is 16.5 Å². The van der Waals surface area contributed by atoms with Gasteiger partial charge in [0, 0.05) is 27.7 Å². The van der Waals surface area contributed by atoms with E-state index in [1.807, 2.05) is 42.6 Å². The molecule has 0 N–H and O–H groups in total. The van der Waals surface area contributed by atoms with Crippen molar-refractivity contribution in [2.45, 2.75) is 24.7 Å². The smallest absolute Gasteiger partial charge is 0.149 e. The molecule has 0 unspecified atom stereocenters. The van der Waals surface area contributed by atoms with Crippen LogP contribution in [0.4, 0.5) is 0 Å². The molecule has 2 rings (SSSR count). The molecule has 1 aromatic heterocycles. The molecule has 0 fully saturated rings. The third-order valence-electron chi connectivity index (χ3n) is 2.89. The van der Waals surface area contributed by atoms with E-state index in [2.05, 4.69) is 27.8 Å². The standard InChI is InChI=1S/C16H16BrNOS/c1-2-12-3-6-14(18-10-12)9-15(19)11-20-16-7-4-13(17)5-8-16/h3-8,10H,2,9,11H2,1H3. The maximum Gasteiger partial charge on any atom is 0.149 e. The lowest BCUT2D eigenvalue weighted by Gasteiger charge is -2.03. The number of hydrogen-bond donors (Lipinski definition) is 0. The van der Waals surface area contributed by atoms with Gasteiger partial charge in [-0.1, -0.05) is 28.9 Å². The van der Waals surface area contributed by atoms with E-state index in [0.29, 0.717) is 12.2 Å². The Bertz CT molecular complexity index is 566. The summed E-state index contributed by atoms with van der Waals surface area (Å²) in [6, 6.07) is 12.0. The van der Waals surface area contributed by atoms with E-state index in [0.717, 1.165) is 21.5 Å². The maximum atomic E-state index is 11.9. The Labute approximate surface area is 132 Å². The van der Waals surface area contributed by atoms with Gasteiger partial charge in [0.25, 0.3) is 0 Å². The van der Waals surface area contributed by atoms with Crippen LogP contribution in [-0.2, 0) is 17.6 Å². The summed E-state index contributed by atoms with van der Waals surface area (Å²) in [5.41, 5.74) is 2.05. The van der Waals surface area contributed by atoms with Gasteiger partial charge in [0.2, 0.25) is 0 Å². The SMILES string of the molecule is CCc1ccc(CC(=O)CSc2ccc(Br)cc2)nc1. The van der Waals surface area contributed by atoms with Crippen molar-refractivity contribution in [2.24, 2.45) is 0 Å². The van der Waals surface area contributed by atoms with Crippen LogP contribution in [0.2, 0.25) is 0 Å². The van der Waals surface area contributed by atoms with Crippen molar-refractivity contribution in [3.63, 3.8) is 0 Å². The van der Waals surface area contributed by atoms with E-state index in [4.69, 9.17) is 0 Å². The number of thioether (sulfide) groups is 1. The lowest BCUT2D eigenvalue weighted by atomic mass is 10.1. The van der Waals surface area contributed by atoms with Gasteiger partial charge in [-0.25, -0.2) is 0 Å². The first-order valence-electron chi connectivity index (χ1n) is 6.51. The van der Waals surface area contributed by atoms with Crippen molar-refractivity contribution in [1.29, 1.82) is 0 Å². The number of Topliss-reactive ketones (excluding diaryl/α,β-unsaturated/α-hetero) is 1. The fourth-order valence-corrected chi connectivity index (χ4v) is 2.74. The van der Waals surface area contributed by atoms with Crippen molar-refractivity contribution in [1.82, 2.24) is 4.98 Å². The van der Waals surface area contributed by atoms with Gasteiger partial charge in [-0.15, -0.1) is 11.8 Å². The van der Waals surface area contributed by atoms with Crippen LogP contribution < -0.4 is 0 Å². The van der Waals surface area contributed by atoms with Crippen molar-refractivity contribution in [3.8, 4) is 0 Å². The molecule has 0 saturated carbocycles. The molecular weight excluding hydrogens is 334 g/mol. The quantitative estimate of drug-likeness (QED) is 0.727. The lowest BCUT2D eigenvalue weighted by molar-refractivity contribution is -0.116. The second-order valence-corrected chi connectivity index (χ2v) is 6.43. The van der Waals surface area contributed by atoms with Crippen LogP contribution in [0.25, 0.3) is 0 Å². The highest BCUT2D eigenvalue weighted by Gasteiger charge is 2.06. The zero-order valence-corrected chi connectivity index (χ0v) is 13.7. The summed E-state index contributed by atoms with van der Waals surface area (Å²) >= 11 is 4.96. The third-order valence-corrected chi connectivity index (χ3v) is 4.49. The third kappa shape index (κ3) is 4.76. The van der Waals surface area contributed by atoms with Crippen molar-refractivity contribution >= 4 is 33.5 Å². The second kappa shape index (κ2) is 7.60. The molecule has 2 aromatic rings. The molecule has 0 atom stereocenters.